The van der Waals surface area contributed by atoms with E-state index in [1.54, 1.807) is 0 Å². The van der Waals surface area contributed by atoms with Crippen molar-refractivity contribution in [2.75, 3.05) is 58.2 Å². The van der Waals surface area contributed by atoms with Gasteiger partial charge >= 0.3 is 0 Å². The quantitative estimate of drug-likeness (QED) is 0.429. The Morgan fingerprint density at radius 1 is 1.21 bits per heavy atom. The lowest BCUT2D eigenvalue weighted by molar-refractivity contribution is -0.00688. The Hall–Kier alpha value is -1.24. The van der Waals surface area contributed by atoms with Crippen LogP contribution in [0.15, 0.2) is 40.2 Å². The second-order valence-corrected chi connectivity index (χ2v) is 9.40. The Morgan fingerprint density at radius 2 is 1.96 bits per heavy atom. The van der Waals surface area contributed by atoms with Gasteiger partial charge in [-0.05, 0) is 45.2 Å². The van der Waals surface area contributed by atoms with E-state index in [1.807, 2.05) is 11.8 Å². The van der Waals surface area contributed by atoms with E-state index >= 15 is 0 Å². The largest absolute Gasteiger partial charge is 0.379 e. The van der Waals surface area contributed by atoms with Gasteiger partial charge in [0.2, 0.25) is 0 Å². The van der Waals surface area contributed by atoms with E-state index in [1.165, 1.54) is 17.1 Å². The average molecular weight is 405 g/mol. The maximum absolute atomic E-state index is 5.51. The van der Waals surface area contributed by atoms with Crippen molar-refractivity contribution in [1.29, 1.82) is 0 Å². The molecule has 2 aliphatic rings. The predicted molar refractivity (Wildman–Crippen MR) is 119 cm³/mol. The lowest BCUT2D eigenvalue weighted by atomic mass is 10.0. The Bertz CT molecular complexity index is 616. The maximum Gasteiger partial charge on any atom is 0.193 e. The number of guanidine groups is 1. The summed E-state index contributed by atoms with van der Waals surface area (Å²) in [5.41, 5.74) is 0.0622. The van der Waals surface area contributed by atoms with Crippen molar-refractivity contribution < 1.29 is 4.74 Å². The number of nitrogens with zero attached hydrogens (tertiary/aromatic N) is 3. The zero-order valence-electron chi connectivity index (χ0n) is 17.7. The fourth-order valence-electron chi connectivity index (χ4n) is 3.85. The summed E-state index contributed by atoms with van der Waals surface area (Å²) in [6, 6.07) is 10.7. The van der Waals surface area contributed by atoms with Gasteiger partial charge in [-0.1, -0.05) is 18.2 Å². The monoisotopic (exact) mass is 404 g/mol. The molecule has 0 bridgehead atoms. The van der Waals surface area contributed by atoms with Crippen molar-refractivity contribution in [2.45, 2.75) is 37.6 Å². The third-order valence-corrected chi connectivity index (χ3v) is 6.88. The summed E-state index contributed by atoms with van der Waals surface area (Å²) in [7, 11) is 0. The van der Waals surface area contributed by atoms with Crippen molar-refractivity contribution in [1.82, 2.24) is 15.1 Å². The summed E-state index contributed by atoms with van der Waals surface area (Å²) in [4.78, 5) is 11.4. The summed E-state index contributed by atoms with van der Waals surface area (Å²) < 4.78 is 5.51. The van der Waals surface area contributed by atoms with Crippen molar-refractivity contribution in [2.24, 2.45) is 10.9 Å². The van der Waals surface area contributed by atoms with Crippen LogP contribution in [0.4, 0.5) is 0 Å². The van der Waals surface area contributed by atoms with Crippen molar-refractivity contribution in [3.05, 3.63) is 30.3 Å². The molecule has 0 amide bonds. The molecule has 0 aliphatic carbocycles. The van der Waals surface area contributed by atoms with Gasteiger partial charge in [0.25, 0.3) is 0 Å². The number of thioether (sulfide) groups is 1. The average Bonchev–Trinajstić information content (AvgIpc) is 3.20. The van der Waals surface area contributed by atoms with Gasteiger partial charge < -0.3 is 15.0 Å². The summed E-state index contributed by atoms with van der Waals surface area (Å²) in [6.45, 7) is 14.4. The first-order valence-electron chi connectivity index (χ1n) is 10.6. The molecular weight excluding hydrogens is 368 g/mol. The normalized spacial score (nSPS) is 21.9. The van der Waals surface area contributed by atoms with Crippen LogP contribution in [-0.4, -0.2) is 79.5 Å². The molecule has 2 fully saturated rings. The van der Waals surface area contributed by atoms with Crippen LogP contribution in [0.5, 0.6) is 0 Å². The number of hydrogen-bond donors (Lipinski definition) is 1. The van der Waals surface area contributed by atoms with Gasteiger partial charge in [-0.3, -0.25) is 9.89 Å². The third kappa shape index (κ3) is 6.13. The third-order valence-electron chi connectivity index (χ3n) is 5.63. The molecule has 2 heterocycles. The van der Waals surface area contributed by atoms with Crippen LogP contribution in [0.25, 0.3) is 0 Å². The van der Waals surface area contributed by atoms with E-state index in [0.717, 1.165) is 64.4 Å². The van der Waals surface area contributed by atoms with E-state index in [2.05, 4.69) is 66.2 Å². The number of nitrogens with one attached hydrogen (secondary N) is 1. The molecule has 2 saturated heterocycles. The Labute approximate surface area is 174 Å². The molecule has 6 heteroatoms. The first kappa shape index (κ1) is 21.5. The molecule has 2 aliphatic heterocycles. The Morgan fingerprint density at radius 3 is 2.68 bits per heavy atom. The Balaban J connectivity index is 1.53. The fourth-order valence-corrected chi connectivity index (χ4v) is 4.90. The molecule has 5 nitrogen and oxygen atoms in total. The van der Waals surface area contributed by atoms with E-state index in [0.29, 0.717) is 0 Å². The summed E-state index contributed by atoms with van der Waals surface area (Å²) in [5, 5.41) is 3.52. The number of likely N-dealkylation sites (tertiary alicyclic amines) is 1. The van der Waals surface area contributed by atoms with Gasteiger partial charge in [-0.15, -0.1) is 11.8 Å². The second kappa shape index (κ2) is 10.5. The molecule has 0 aromatic heterocycles. The molecule has 156 valence electrons. The molecule has 1 aromatic carbocycles. The lowest BCUT2D eigenvalue weighted by Gasteiger charge is -2.40. The number of benzene rings is 1. The standard InChI is InChI=1S/C22H36N4OS/c1-4-23-21(24-18-22(2,3)26-12-14-27-15-13-26)25-11-10-19(16-25)17-28-20-8-6-5-7-9-20/h5-9,19H,4,10-18H2,1-3H3,(H,23,24). The SMILES string of the molecule is CCNC(=NCC(C)(C)N1CCOCC1)N1CCC(CSc2ccccc2)C1. The molecule has 28 heavy (non-hydrogen) atoms. The van der Waals surface area contributed by atoms with Gasteiger partial charge in [-0.2, -0.15) is 0 Å². The van der Waals surface area contributed by atoms with Crippen molar-refractivity contribution >= 4 is 17.7 Å². The van der Waals surface area contributed by atoms with Gasteiger partial charge in [0.05, 0.1) is 19.8 Å². The lowest BCUT2D eigenvalue weighted by Crippen LogP contribution is -2.52. The highest BCUT2D eigenvalue weighted by atomic mass is 32.2. The smallest absolute Gasteiger partial charge is 0.193 e. The molecule has 3 rings (SSSR count). The van der Waals surface area contributed by atoms with E-state index in [9.17, 15) is 0 Å². The van der Waals surface area contributed by atoms with Crippen LogP contribution in [0.3, 0.4) is 0 Å². The number of rotatable bonds is 7. The maximum atomic E-state index is 5.51. The van der Waals surface area contributed by atoms with Crippen LogP contribution in [0, 0.1) is 5.92 Å². The van der Waals surface area contributed by atoms with Crippen molar-refractivity contribution in [3.8, 4) is 0 Å². The van der Waals surface area contributed by atoms with E-state index < -0.39 is 0 Å². The van der Waals surface area contributed by atoms with Crippen LogP contribution in [0.2, 0.25) is 0 Å². The topological polar surface area (TPSA) is 40.1 Å². The number of morpholine rings is 1. The van der Waals surface area contributed by atoms with Gasteiger partial charge in [0, 0.05) is 48.9 Å². The summed E-state index contributed by atoms with van der Waals surface area (Å²) >= 11 is 1.98. The molecule has 0 radical (unpaired) electrons. The molecule has 1 aromatic rings. The number of ether oxygens (including phenoxy) is 1. The van der Waals surface area contributed by atoms with Crippen molar-refractivity contribution in [3.63, 3.8) is 0 Å². The number of aliphatic imine (C=N–C) groups is 1. The number of hydrogen-bond acceptors (Lipinski definition) is 4. The Kier molecular flexibility index (Phi) is 8.06. The molecule has 0 saturated carbocycles. The highest BCUT2D eigenvalue weighted by Crippen LogP contribution is 2.26. The minimum Gasteiger partial charge on any atom is -0.379 e. The molecule has 1 N–H and O–H groups in total. The van der Waals surface area contributed by atoms with Gasteiger partial charge in [0.15, 0.2) is 5.96 Å². The van der Waals surface area contributed by atoms with Crippen LogP contribution in [0.1, 0.15) is 27.2 Å². The molecule has 0 spiro atoms. The predicted octanol–water partition coefficient (Wildman–Crippen LogP) is 3.18. The van der Waals surface area contributed by atoms with Crippen LogP contribution in [-0.2, 0) is 4.74 Å². The zero-order chi connectivity index (χ0) is 19.8. The summed E-state index contributed by atoms with van der Waals surface area (Å²) in [5.74, 6) is 2.98. The van der Waals surface area contributed by atoms with Crippen LogP contribution < -0.4 is 5.32 Å². The summed E-state index contributed by atoms with van der Waals surface area (Å²) in [6.07, 6.45) is 1.25. The molecular formula is C22H36N4OS. The first-order chi connectivity index (χ1) is 13.6. The van der Waals surface area contributed by atoms with Crippen LogP contribution >= 0.6 is 11.8 Å². The molecule has 1 atom stereocenters. The van der Waals surface area contributed by atoms with Gasteiger partial charge in [-0.25, -0.2) is 0 Å². The fraction of sp³-hybridized carbons (Fsp3) is 0.682. The van der Waals surface area contributed by atoms with E-state index in [4.69, 9.17) is 9.73 Å². The highest BCUT2D eigenvalue weighted by Gasteiger charge is 2.29. The molecule has 1 unspecified atom stereocenters. The minimum atomic E-state index is 0.0622. The zero-order valence-corrected chi connectivity index (χ0v) is 18.5. The first-order valence-corrected chi connectivity index (χ1v) is 11.6. The highest BCUT2D eigenvalue weighted by molar-refractivity contribution is 7.99. The second-order valence-electron chi connectivity index (χ2n) is 8.31. The minimum absolute atomic E-state index is 0.0622. The van der Waals surface area contributed by atoms with E-state index in [-0.39, 0.29) is 5.54 Å². The van der Waals surface area contributed by atoms with Gasteiger partial charge in [0.1, 0.15) is 0 Å².